The Balaban J connectivity index is 1.75. The summed E-state index contributed by atoms with van der Waals surface area (Å²) in [7, 11) is 2.16. The van der Waals surface area contributed by atoms with Crippen LogP contribution in [0.4, 0.5) is 17.3 Å². The molecule has 3 heterocycles. The van der Waals surface area contributed by atoms with E-state index in [0.29, 0.717) is 22.7 Å². The average molecular weight is 533 g/mol. The van der Waals surface area contributed by atoms with Crippen LogP contribution in [-0.2, 0) is 4.79 Å². The molecule has 1 aliphatic heterocycles. The van der Waals surface area contributed by atoms with Crippen molar-refractivity contribution in [2.45, 2.75) is 53.6 Å². The highest BCUT2D eigenvalue weighted by atomic mass is 16.1. The van der Waals surface area contributed by atoms with Gasteiger partial charge in [0.1, 0.15) is 5.39 Å². The van der Waals surface area contributed by atoms with Crippen molar-refractivity contribution in [2.75, 3.05) is 43.4 Å². The summed E-state index contributed by atoms with van der Waals surface area (Å²) in [6.45, 7) is 15.9. The van der Waals surface area contributed by atoms with E-state index in [1.165, 1.54) is 11.3 Å². The van der Waals surface area contributed by atoms with Gasteiger partial charge in [-0.3, -0.25) is 9.59 Å². The molecule has 10 heteroatoms. The van der Waals surface area contributed by atoms with Gasteiger partial charge < -0.3 is 20.0 Å². The van der Waals surface area contributed by atoms with E-state index in [2.05, 4.69) is 46.2 Å². The molecular formula is C29H40N8O2. The van der Waals surface area contributed by atoms with Gasteiger partial charge in [-0.2, -0.15) is 4.98 Å². The molecule has 4 rings (SSSR count). The van der Waals surface area contributed by atoms with Gasteiger partial charge >= 0.3 is 0 Å². The maximum atomic E-state index is 13.4. The maximum absolute atomic E-state index is 13.4. The second kappa shape index (κ2) is 11.9. The second-order valence-corrected chi connectivity index (χ2v) is 10.6. The smallest absolute Gasteiger partial charge is 0.278 e. The number of nitrogens with zero attached hydrogens (tertiary/aromatic N) is 7. The predicted molar refractivity (Wildman–Crippen MR) is 158 cm³/mol. The van der Waals surface area contributed by atoms with Crippen LogP contribution in [0.2, 0.25) is 0 Å². The number of hydrogen-bond acceptors (Lipinski definition) is 7. The van der Waals surface area contributed by atoms with Gasteiger partial charge in [-0.15, -0.1) is 0 Å². The Morgan fingerprint density at radius 3 is 2.44 bits per heavy atom. The van der Waals surface area contributed by atoms with E-state index >= 15 is 0 Å². The van der Waals surface area contributed by atoms with Gasteiger partial charge in [0.2, 0.25) is 12.4 Å². The molecule has 1 aromatic carbocycles. The Kier molecular flexibility index (Phi) is 8.54. The first-order chi connectivity index (χ1) is 18.6. The third kappa shape index (κ3) is 5.90. The number of anilines is 3. The number of aromatic nitrogens is 4. The molecule has 1 N–H and O–H groups in total. The van der Waals surface area contributed by atoms with E-state index in [1.807, 2.05) is 52.8 Å². The lowest BCUT2D eigenvalue weighted by Crippen LogP contribution is -2.44. The first-order valence-electron chi connectivity index (χ1n) is 13.5. The molecular weight excluding hydrogens is 492 g/mol. The zero-order valence-electron chi connectivity index (χ0n) is 24.0. The van der Waals surface area contributed by atoms with E-state index in [1.54, 1.807) is 26.7 Å². The molecule has 2 aromatic heterocycles. The maximum Gasteiger partial charge on any atom is 0.278 e. The number of carbonyl (C=O) groups is 1. The largest absolute Gasteiger partial charge is 0.369 e. The summed E-state index contributed by atoms with van der Waals surface area (Å²) in [4.78, 5) is 40.8. The molecule has 0 spiro atoms. The average Bonchev–Trinajstić information content (AvgIpc) is 3.19. The Labute approximate surface area is 230 Å². The van der Waals surface area contributed by atoms with Crippen LogP contribution < -0.4 is 15.8 Å². The van der Waals surface area contributed by atoms with Crippen LogP contribution in [0.3, 0.4) is 0 Å². The van der Waals surface area contributed by atoms with E-state index in [0.717, 1.165) is 38.3 Å². The molecule has 0 radical (unpaired) electrons. The van der Waals surface area contributed by atoms with Crippen molar-refractivity contribution < 1.29 is 4.79 Å². The molecule has 39 heavy (non-hydrogen) atoms. The first kappa shape index (κ1) is 28.1. The number of hydrogen-bond donors (Lipinski definition) is 1. The highest BCUT2D eigenvalue weighted by Gasteiger charge is 2.21. The summed E-state index contributed by atoms with van der Waals surface area (Å²) in [5.41, 5.74) is 4.22. The summed E-state index contributed by atoms with van der Waals surface area (Å²) >= 11 is 0. The molecule has 3 aromatic rings. The monoisotopic (exact) mass is 532 g/mol. The van der Waals surface area contributed by atoms with E-state index in [4.69, 9.17) is 4.98 Å². The number of allylic oxidation sites excluding steroid dienone is 3. The number of rotatable bonds is 9. The number of piperazine rings is 1. The fourth-order valence-corrected chi connectivity index (χ4v) is 4.83. The molecule has 10 nitrogen and oxygen atoms in total. The molecule has 0 atom stereocenters. The Hall–Kier alpha value is -3.92. The van der Waals surface area contributed by atoms with E-state index in [9.17, 15) is 9.59 Å². The van der Waals surface area contributed by atoms with E-state index in [-0.39, 0.29) is 17.6 Å². The third-order valence-electron chi connectivity index (χ3n) is 6.99. The highest BCUT2D eigenvalue weighted by molar-refractivity contribution is 5.80. The summed E-state index contributed by atoms with van der Waals surface area (Å²) in [5, 5.41) is 3.73. The quantitative estimate of drug-likeness (QED) is 0.326. The molecule has 208 valence electrons. The van der Waals surface area contributed by atoms with Crippen molar-refractivity contribution in [1.82, 2.24) is 29.1 Å². The Morgan fingerprint density at radius 2 is 1.85 bits per heavy atom. The fraction of sp³-hybridized carbons (Fsp3) is 0.448. The zero-order valence-corrected chi connectivity index (χ0v) is 24.0. The lowest BCUT2D eigenvalue weighted by Gasteiger charge is -2.35. The SMILES string of the molecule is C/C=C\C(=C/N(C=O)C(C)C)n1c2nc(Nc3ccc(N4CCN(C)CC4)c(C)c3)ncc2c(=O)n1C(C)C. The van der Waals surface area contributed by atoms with Crippen molar-refractivity contribution in [2.24, 2.45) is 0 Å². The van der Waals surface area contributed by atoms with Crippen molar-refractivity contribution in [3.63, 3.8) is 0 Å². The molecule has 1 aliphatic rings. The number of benzene rings is 1. The standard InChI is InChI=1S/C29H40N8O2/c1-8-9-24(18-35(19-38)20(2)3)37-27-25(28(39)36(37)21(4)5)17-30-29(32-27)31-23-10-11-26(22(6)16-23)34-14-12-33(7)13-15-34/h8-11,16-21H,12-15H2,1-7H3,(H,30,31,32)/b9-8-,24-18+. The van der Waals surface area contributed by atoms with Crippen LogP contribution in [0.5, 0.6) is 0 Å². The van der Waals surface area contributed by atoms with Crippen LogP contribution in [0, 0.1) is 6.92 Å². The molecule has 0 bridgehead atoms. The highest BCUT2D eigenvalue weighted by Crippen LogP contribution is 2.27. The van der Waals surface area contributed by atoms with Crippen LogP contribution in [0.25, 0.3) is 16.7 Å². The molecule has 0 saturated carbocycles. The molecule has 1 saturated heterocycles. The van der Waals surface area contributed by atoms with Crippen molar-refractivity contribution >= 4 is 40.5 Å². The van der Waals surface area contributed by atoms with Crippen molar-refractivity contribution in [3.05, 3.63) is 58.7 Å². The number of amides is 1. The number of aryl methyl sites for hydroxylation is 1. The minimum Gasteiger partial charge on any atom is -0.369 e. The number of carbonyl (C=O) groups excluding carboxylic acids is 1. The third-order valence-corrected chi connectivity index (χ3v) is 6.99. The van der Waals surface area contributed by atoms with Crippen LogP contribution >= 0.6 is 0 Å². The predicted octanol–water partition coefficient (Wildman–Crippen LogP) is 4.22. The summed E-state index contributed by atoms with van der Waals surface area (Å²) < 4.78 is 3.42. The summed E-state index contributed by atoms with van der Waals surface area (Å²) in [6.07, 6.45) is 7.84. The van der Waals surface area contributed by atoms with Gasteiger partial charge in [-0.1, -0.05) is 6.08 Å². The minimum absolute atomic E-state index is 0.0484. The number of likely N-dealkylation sites (N-methyl/N-ethyl adjacent to an activating group) is 1. The van der Waals surface area contributed by atoms with Gasteiger partial charge in [0.25, 0.3) is 5.56 Å². The number of fused-ring (bicyclic) bond motifs is 1. The normalized spacial score (nSPS) is 15.2. The first-order valence-corrected chi connectivity index (χ1v) is 13.5. The van der Waals surface area contributed by atoms with Crippen LogP contribution in [0.15, 0.2) is 47.5 Å². The summed E-state index contributed by atoms with van der Waals surface area (Å²) in [5.74, 6) is 0.389. The van der Waals surface area contributed by atoms with Gasteiger partial charge in [-0.05, 0) is 78.4 Å². The minimum atomic E-state index is -0.184. The van der Waals surface area contributed by atoms with Gasteiger partial charge in [0.05, 0.1) is 5.70 Å². The van der Waals surface area contributed by atoms with Gasteiger partial charge in [-0.25, -0.2) is 14.3 Å². The lowest BCUT2D eigenvalue weighted by molar-refractivity contribution is -0.117. The zero-order chi connectivity index (χ0) is 28.3. The van der Waals surface area contributed by atoms with Gasteiger partial charge in [0, 0.05) is 62.0 Å². The second-order valence-electron chi connectivity index (χ2n) is 10.6. The lowest BCUT2D eigenvalue weighted by atomic mass is 10.1. The summed E-state index contributed by atoms with van der Waals surface area (Å²) in [6, 6.07) is 6.08. The Morgan fingerprint density at radius 1 is 1.13 bits per heavy atom. The topological polar surface area (TPSA) is 91.5 Å². The molecule has 0 unspecified atom stereocenters. The molecule has 1 amide bonds. The van der Waals surface area contributed by atoms with Crippen molar-refractivity contribution in [1.29, 1.82) is 0 Å². The van der Waals surface area contributed by atoms with Crippen LogP contribution in [0.1, 0.15) is 46.2 Å². The van der Waals surface area contributed by atoms with Crippen molar-refractivity contribution in [3.8, 4) is 0 Å². The molecule has 1 fully saturated rings. The van der Waals surface area contributed by atoms with E-state index < -0.39 is 0 Å². The molecule has 0 aliphatic carbocycles. The van der Waals surface area contributed by atoms with Gasteiger partial charge in [0.15, 0.2) is 5.65 Å². The van der Waals surface area contributed by atoms with Crippen LogP contribution in [-0.4, -0.2) is 74.8 Å². The Bertz CT molecular complexity index is 1440. The fourth-order valence-electron chi connectivity index (χ4n) is 4.83. The number of nitrogens with one attached hydrogen (secondary N) is 1.